The van der Waals surface area contributed by atoms with Crippen molar-refractivity contribution in [2.24, 2.45) is 23.2 Å². The van der Waals surface area contributed by atoms with Crippen molar-refractivity contribution in [3.8, 4) is 0 Å². The van der Waals surface area contributed by atoms with Gasteiger partial charge in [0.25, 0.3) is 0 Å². The van der Waals surface area contributed by atoms with Crippen molar-refractivity contribution in [1.82, 2.24) is 14.9 Å². The van der Waals surface area contributed by atoms with Gasteiger partial charge in [0.2, 0.25) is 5.91 Å². The van der Waals surface area contributed by atoms with Crippen LogP contribution in [0, 0.1) is 23.2 Å². The standard InChI is InChI=1S/C26H35ClN4O.CH4.H2O/c1-17(2)23(30-24-20-7-5-6-8-22(20)28-16-29-24)25(32)31-14-13-21(26(3,4)15-31)18-9-11-19(27)12-10-18;;/h5-8,11,16-18,21,23H,9-10,12-15H2,1-4H3,(H,28,29,30);1H4;1H2/t18?,21?,23-;;/m1../s1. The summed E-state index contributed by atoms with van der Waals surface area (Å²) in [6.07, 6.45) is 8.04. The first-order valence-corrected chi connectivity index (χ1v) is 12.2. The lowest BCUT2D eigenvalue weighted by Gasteiger charge is -2.49. The molecule has 1 fully saturated rings. The maximum absolute atomic E-state index is 13.7. The molecule has 0 spiro atoms. The highest BCUT2D eigenvalue weighted by molar-refractivity contribution is 6.29. The van der Waals surface area contributed by atoms with E-state index in [2.05, 4.69) is 54.0 Å². The van der Waals surface area contributed by atoms with Gasteiger partial charge in [-0.25, -0.2) is 9.97 Å². The van der Waals surface area contributed by atoms with Gasteiger partial charge in [0.05, 0.1) is 5.52 Å². The number of nitrogens with zero attached hydrogens (tertiary/aromatic N) is 3. The van der Waals surface area contributed by atoms with Crippen molar-refractivity contribution in [3.63, 3.8) is 0 Å². The summed E-state index contributed by atoms with van der Waals surface area (Å²) in [5.74, 6) is 2.31. The van der Waals surface area contributed by atoms with Gasteiger partial charge in [-0.1, -0.05) is 64.9 Å². The third-order valence-electron chi connectivity index (χ3n) is 7.36. The minimum Gasteiger partial charge on any atom is -0.412 e. The highest BCUT2D eigenvalue weighted by Gasteiger charge is 2.43. The molecule has 0 radical (unpaired) electrons. The van der Waals surface area contributed by atoms with Crippen LogP contribution in [0.15, 0.2) is 41.7 Å². The van der Waals surface area contributed by atoms with E-state index in [0.717, 1.165) is 60.5 Å². The number of halogens is 1. The van der Waals surface area contributed by atoms with Gasteiger partial charge in [0, 0.05) is 23.5 Å². The van der Waals surface area contributed by atoms with Crippen LogP contribution in [0.1, 0.15) is 60.8 Å². The topological polar surface area (TPSA) is 89.6 Å². The van der Waals surface area contributed by atoms with E-state index < -0.39 is 0 Å². The predicted molar refractivity (Wildman–Crippen MR) is 142 cm³/mol. The Labute approximate surface area is 209 Å². The van der Waals surface area contributed by atoms with E-state index in [1.807, 2.05) is 24.3 Å². The molecule has 1 aromatic carbocycles. The Morgan fingerprint density at radius 3 is 2.59 bits per heavy atom. The molecule has 3 N–H and O–H groups in total. The number of hydrogen-bond acceptors (Lipinski definition) is 4. The quantitative estimate of drug-likeness (QED) is 0.586. The number of carbonyl (C=O) groups is 1. The molecule has 1 amide bonds. The van der Waals surface area contributed by atoms with Crippen molar-refractivity contribution in [3.05, 3.63) is 41.7 Å². The number of piperidine rings is 1. The number of likely N-dealkylation sites (tertiary alicyclic amines) is 1. The Morgan fingerprint density at radius 1 is 1.21 bits per heavy atom. The summed E-state index contributed by atoms with van der Waals surface area (Å²) >= 11 is 6.22. The normalized spacial score (nSPS) is 22.9. The number of para-hydroxylation sites is 1. The monoisotopic (exact) mass is 488 g/mol. The van der Waals surface area contributed by atoms with Gasteiger partial charge in [-0.2, -0.15) is 0 Å². The van der Waals surface area contributed by atoms with Crippen molar-refractivity contribution >= 4 is 34.2 Å². The molecule has 2 aromatic rings. The molecule has 0 bridgehead atoms. The van der Waals surface area contributed by atoms with Gasteiger partial charge in [-0.05, 0) is 61.0 Å². The van der Waals surface area contributed by atoms with Crippen LogP contribution in [0.2, 0.25) is 0 Å². The molecular weight excluding hydrogens is 448 g/mol. The van der Waals surface area contributed by atoms with E-state index in [1.165, 1.54) is 0 Å². The van der Waals surface area contributed by atoms with E-state index in [-0.39, 0.29) is 36.2 Å². The molecule has 4 rings (SSSR count). The summed E-state index contributed by atoms with van der Waals surface area (Å²) < 4.78 is 0. The fraction of sp³-hybridized carbons (Fsp3) is 0.593. The zero-order chi connectivity index (χ0) is 22.9. The molecule has 7 heteroatoms. The van der Waals surface area contributed by atoms with Gasteiger partial charge in [-0.3, -0.25) is 4.79 Å². The Bertz CT molecular complexity index is 1000. The molecule has 6 nitrogen and oxygen atoms in total. The number of rotatable bonds is 5. The minimum atomic E-state index is -0.322. The molecule has 3 atom stereocenters. The number of hydrogen-bond donors (Lipinski definition) is 1. The van der Waals surface area contributed by atoms with Crippen LogP contribution in [0.4, 0.5) is 5.82 Å². The fourth-order valence-electron chi connectivity index (χ4n) is 5.60. The molecular formula is C27H41ClN4O2. The first kappa shape index (κ1) is 28.1. The Balaban J connectivity index is 0.00000204. The van der Waals surface area contributed by atoms with Crippen LogP contribution in [0.5, 0.6) is 0 Å². The highest BCUT2D eigenvalue weighted by Crippen LogP contribution is 2.45. The first-order chi connectivity index (χ1) is 15.3. The van der Waals surface area contributed by atoms with Crippen molar-refractivity contribution in [2.75, 3.05) is 18.4 Å². The summed E-state index contributed by atoms with van der Waals surface area (Å²) in [6, 6.07) is 7.59. The number of amides is 1. The molecule has 1 aliphatic heterocycles. The molecule has 1 aliphatic carbocycles. The number of aromatic nitrogens is 2. The van der Waals surface area contributed by atoms with Crippen LogP contribution >= 0.6 is 11.6 Å². The zero-order valence-corrected chi connectivity index (χ0v) is 20.9. The SMILES string of the molecule is C.CC(C)[C@@H](Nc1ncnc2ccccc12)C(=O)N1CCC(C2CC=C(Cl)CC2)C(C)(C)C1.O. The Kier molecular flexibility index (Phi) is 9.49. The third-order valence-corrected chi connectivity index (χ3v) is 7.70. The third kappa shape index (κ3) is 5.89. The van der Waals surface area contributed by atoms with E-state index >= 15 is 0 Å². The summed E-state index contributed by atoms with van der Waals surface area (Å²) in [4.78, 5) is 24.6. The predicted octanol–water partition coefficient (Wildman–Crippen LogP) is 5.68. The summed E-state index contributed by atoms with van der Waals surface area (Å²) in [5.41, 5.74) is 0.961. The van der Waals surface area contributed by atoms with Gasteiger partial charge in [-0.15, -0.1) is 0 Å². The summed E-state index contributed by atoms with van der Waals surface area (Å²) in [5, 5.41) is 5.41. The van der Waals surface area contributed by atoms with Crippen LogP contribution < -0.4 is 5.32 Å². The second kappa shape index (κ2) is 11.5. The van der Waals surface area contributed by atoms with Gasteiger partial charge in [0.15, 0.2) is 0 Å². The van der Waals surface area contributed by atoms with E-state index in [1.54, 1.807) is 6.33 Å². The Morgan fingerprint density at radius 2 is 1.94 bits per heavy atom. The van der Waals surface area contributed by atoms with E-state index in [9.17, 15) is 4.79 Å². The summed E-state index contributed by atoms with van der Waals surface area (Å²) in [7, 11) is 0. The average Bonchev–Trinajstić information content (AvgIpc) is 2.77. The zero-order valence-electron chi connectivity index (χ0n) is 20.1. The molecule has 188 valence electrons. The van der Waals surface area contributed by atoms with Crippen molar-refractivity contribution in [1.29, 1.82) is 0 Å². The fourth-order valence-corrected chi connectivity index (χ4v) is 5.80. The van der Waals surface area contributed by atoms with E-state index in [0.29, 0.717) is 11.8 Å². The number of fused-ring (bicyclic) bond motifs is 1. The minimum absolute atomic E-state index is 0. The van der Waals surface area contributed by atoms with Gasteiger partial charge in [0.1, 0.15) is 18.2 Å². The average molecular weight is 489 g/mol. The van der Waals surface area contributed by atoms with E-state index in [4.69, 9.17) is 11.6 Å². The number of nitrogens with one attached hydrogen (secondary N) is 1. The van der Waals surface area contributed by atoms with Gasteiger partial charge >= 0.3 is 0 Å². The lowest BCUT2D eigenvalue weighted by molar-refractivity contribution is -0.138. The van der Waals surface area contributed by atoms with Crippen LogP contribution in [-0.4, -0.2) is 45.4 Å². The first-order valence-electron chi connectivity index (χ1n) is 11.9. The van der Waals surface area contributed by atoms with Crippen molar-refractivity contribution in [2.45, 2.75) is 66.8 Å². The lowest BCUT2D eigenvalue weighted by atomic mass is 9.65. The van der Waals surface area contributed by atoms with Crippen molar-refractivity contribution < 1.29 is 10.3 Å². The molecule has 2 unspecified atom stereocenters. The number of allylic oxidation sites excluding steroid dienone is 2. The number of benzene rings is 1. The Hall–Kier alpha value is -2.18. The smallest absolute Gasteiger partial charge is 0.245 e. The lowest BCUT2D eigenvalue weighted by Crippen LogP contribution is -2.54. The maximum Gasteiger partial charge on any atom is 0.245 e. The molecule has 1 saturated heterocycles. The van der Waals surface area contributed by atoms with Crippen LogP contribution in [0.25, 0.3) is 10.9 Å². The molecule has 0 saturated carbocycles. The number of carbonyl (C=O) groups excluding carboxylic acids is 1. The second-order valence-corrected chi connectivity index (χ2v) is 10.9. The van der Waals surface area contributed by atoms with Crippen LogP contribution in [0.3, 0.4) is 0 Å². The molecule has 1 aromatic heterocycles. The highest BCUT2D eigenvalue weighted by atomic mass is 35.5. The largest absolute Gasteiger partial charge is 0.412 e. The second-order valence-electron chi connectivity index (χ2n) is 10.4. The molecule has 2 heterocycles. The number of anilines is 1. The molecule has 2 aliphatic rings. The summed E-state index contributed by atoms with van der Waals surface area (Å²) in [6.45, 7) is 10.4. The molecule has 34 heavy (non-hydrogen) atoms. The maximum atomic E-state index is 13.7. The van der Waals surface area contributed by atoms with Gasteiger partial charge < -0.3 is 15.7 Å². The van der Waals surface area contributed by atoms with Crippen LogP contribution in [-0.2, 0) is 4.79 Å².